The van der Waals surface area contributed by atoms with Gasteiger partial charge in [0.2, 0.25) is 5.78 Å². The van der Waals surface area contributed by atoms with Gasteiger partial charge in [-0.3, -0.25) is 14.5 Å². The Morgan fingerprint density at radius 2 is 1.88 bits per heavy atom. The summed E-state index contributed by atoms with van der Waals surface area (Å²) < 4.78 is 10.1. The fourth-order valence-electron chi connectivity index (χ4n) is 4.21. The maximum atomic E-state index is 13.3. The highest BCUT2D eigenvalue weighted by atomic mass is 32.1. The van der Waals surface area contributed by atoms with E-state index in [9.17, 15) is 19.5 Å². The smallest absolute Gasteiger partial charge is 0.337 e. The maximum Gasteiger partial charge on any atom is 0.337 e. The molecule has 2 aliphatic heterocycles. The number of esters is 1. The van der Waals surface area contributed by atoms with E-state index in [0.717, 1.165) is 19.6 Å². The maximum absolute atomic E-state index is 13.3. The minimum Gasteiger partial charge on any atom is -0.503 e. The number of aliphatic hydroxyl groups is 1. The molecule has 1 N–H and O–H groups in total. The van der Waals surface area contributed by atoms with Crippen LogP contribution in [0.25, 0.3) is 0 Å². The number of rotatable bonds is 8. The molecule has 0 bridgehead atoms. The van der Waals surface area contributed by atoms with Gasteiger partial charge >= 0.3 is 5.97 Å². The van der Waals surface area contributed by atoms with Gasteiger partial charge in [-0.2, -0.15) is 0 Å². The number of nitrogens with zero attached hydrogens (tertiary/aromatic N) is 2. The molecular formula is C24H26N2O6S. The number of carbonyl (C=O) groups excluding carboxylic acids is 3. The number of hydrogen-bond acceptors (Lipinski definition) is 8. The Labute approximate surface area is 196 Å². The number of ether oxygens (including phenoxy) is 2. The Morgan fingerprint density at radius 3 is 2.52 bits per heavy atom. The zero-order valence-electron chi connectivity index (χ0n) is 18.4. The fourth-order valence-corrected chi connectivity index (χ4v) is 4.89. The lowest BCUT2D eigenvalue weighted by Gasteiger charge is -2.30. The second kappa shape index (κ2) is 10.3. The molecule has 9 heteroatoms. The molecule has 1 atom stereocenters. The monoisotopic (exact) mass is 470 g/mol. The zero-order chi connectivity index (χ0) is 23.4. The topological polar surface area (TPSA) is 96.4 Å². The Morgan fingerprint density at radius 1 is 1.15 bits per heavy atom. The number of aliphatic hydroxyl groups excluding tert-OH is 1. The van der Waals surface area contributed by atoms with Crippen LogP contribution < -0.4 is 0 Å². The zero-order valence-corrected chi connectivity index (χ0v) is 19.2. The molecule has 0 radical (unpaired) electrons. The summed E-state index contributed by atoms with van der Waals surface area (Å²) in [7, 11) is 1.31. The van der Waals surface area contributed by atoms with Crippen molar-refractivity contribution in [3.05, 3.63) is 69.1 Å². The van der Waals surface area contributed by atoms with E-state index in [1.807, 2.05) is 0 Å². The average Bonchev–Trinajstić information content (AvgIpc) is 3.47. The molecule has 1 saturated heterocycles. The molecule has 4 rings (SSSR count). The van der Waals surface area contributed by atoms with Crippen LogP contribution >= 0.6 is 11.3 Å². The second-order valence-electron chi connectivity index (χ2n) is 7.89. The van der Waals surface area contributed by atoms with Crippen molar-refractivity contribution < 1.29 is 29.0 Å². The van der Waals surface area contributed by atoms with E-state index in [-0.39, 0.29) is 11.4 Å². The van der Waals surface area contributed by atoms with E-state index < -0.39 is 23.7 Å². The van der Waals surface area contributed by atoms with Crippen molar-refractivity contribution in [2.24, 2.45) is 0 Å². The highest BCUT2D eigenvalue weighted by Gasteiger charge is 2.43. The number of hydrogen-bond donors (Lipinski definition) is 1. The summed E-state index contributed by atoms with van der Waals surface area (Å²) in [4.78, 5) is 42.4. The quantitative estimate of drug-likeness (QED) is 0.468. The molecule has 1 amide bonds. The van der Waals surface area contributed by atoms with Crippen molar-refractivity contribution in [1.29, 1.82) is 0 Å². The fraction of sp³-hybridized carbons (Fsp3) is 0.375. The average molecular weight is 471 g/mol. The molecular weight excluding hydrogens is 444 g/mol. The molecule has 2 aliphatic rings. The van der Waals surface area contributed by atoms with E-state index in [1.54, 1.807) is 46.7 Å². The first-order valence-corrected chi connectivity index (χ1v) is 11.7. The summed E-state index contributed by atoms with van der Waals surface area (Å²) in [5.74, 6) is -1.91. The SMILES string of the molecule is COC(=O)c1ccc([C@@H]2C(C(=O)c3cccs3)=C(O)C(=O)N2CCCN2CCOCC2)cc1. The highest BCUT2D eigenvalue weighted by molar-refractivity contribution is 7.12. The predicted octanol–water partition coefficient (Wildman–Crippen LogP) is 2.84. The summed E-state index contributed by atoms with van der Waals surface area (Å²) in [6.07, 6.45) is 0.691. The summed E-state index contributed by atoms with van der Waals surface area (Å²) in [5.41, 5.74) is 1.08. The van der Waals surface area contributed by atoms with Gasteiger partial charge in [-0.05, 0) is 35.6 Å². The number of ketones is 1. The van der Waals surface area contributed by atoms with E-state index in [1.165, 1.54) is 18.4 Å². The van der Waals surface area contributed by atoms with Gasteiger partial charge in [-0.1, -0.05) is 18.2 Å². The molecule has 1 aromatic carbocycles. The van der Waals surface area contributed by atoms with Gasteiger partial charge in [0.1, 0.15) is 0 Å². The number of Topliss-reactive ketones (excluding diaryl/α,β-unsaturated/α-hetero) is 1. The molecule has 3 heterocycles. The van der Waals surface area contributed by atoms with Gasteiger partial charge in [0.25, 0.3) is 5.91 Å². The standard InChI is InChI=1S/C24H26N2O6S/c1-31-24(30)17-7-5-16(6-8-17)20-19(21(27)18-4-2-15-33-18)22(28)23(29)26(20)10-3-9-25-11-13-32-14-12-25/h2,4-8,15,20,28H,3,9-14H2,1H3/t20-/m1/s1. The van der Waals surface area contributed by atoms with Crippen LogP contribution in [0, 0.1) is 0 Å². The van der Waals surface area contributed by atoms with Gasteiger partial charge < -0.3 is 19.5 Å². The number of thiophene rings is 1. The Hall–Kier alpha value is -3.01. The molecule has 33 heavy (non-hydrogen) atoms. The van der Waals surface area contributed by atoms with Gasteiger partial charge in [-0.15, -0.1) is 11.3 Å². The third kappa shape index (κ3) is 4.85. The third-order valence-electron chi connectivity index (χ3n) is 5.92. The second-order valence-corrected chi connectivity index (χ2v) is 8.84. The van der Waals surface area contributed by atoms with Crippen LogP contribution in [0.3, 0.4) is 0 Å². The van der Waals surface area contributed by atoms with Crippen molar-refractivity contribution in [3.63, 3.8) is 0 Å². The first-order chi connectivity index (χ1) is 16.0. The highest BCUT2D eigenvalue weighted by Crippen LogP contribution is 2.39. The number of amides is 1. The number of benzene rings is 1. The molecule has 174 valence electrons. The van der Waals surface area contributed by atoms with Crippen LogP contribution in [0.5, 0.6) is 0 Å². The number of carbonyl (C=O) groups is 3. The van der Waals surface area contributed by atoms with Gasteiger partial charge in [-0.25, -0.2) is 4.79 Å². The first-order valence-electron chi connectivity index (χ1n) is 10.8. The van der Waals surface area contributed by atoms with Crippen LogP contribution in [0.1, 0.15) is 38.1 Å². The minimum atomic E-state index is -0.733. The normalized spacial score (nSPS) is 19.2. The largest absolute Gasteiger partial charge is 0.503 e. The molecule has 0 saturated carbocycles. The van der Waals surface area contributed by atoms with E-state index in [0.29, 0.717) is 42.2 Å². The first kappa shape index (κ1) is 23.2. The van der Waals surface area contributed by atoms with Crippen LogP contribution in [-0.4, -0.2) is 79.1 Å². The van der Waals surface area contributed by atoms with Crippen molar-refractivity contribution in [2.75, 3.05) is 46.5 Å². The van der Waals surface area contributed by atoms with Crippen molar-refractivity contribution in [1.82, 2.24) is 9.80 Å². The number of methoxy groups -OCH3 is 1. The van der Waals surface area contributed by atoms with Gasteiger partial charge in [0.15, 0.2) is 5.76 Å². The van der Waals surface area contributed by atoms with Gasteiger partial charge in [0, 0.05) is 26.2 Å². The third-order valence-corrected chi connectivity index (χ3v) is 6.79. The molecule has 1 aromatic heterocycles. The summed E-state index contributed by atoms with van der Waals surface area (Å²) in [5, 5.41) is 12.5. The lowest BCUT2D eigenvalue weighted by Crippen LogP contribution is -2.39. The lowest BCUT2D eigenvalue weighted by atomic mass is 9.94. The van der Waals surface area contributed by atoms with E-state index in [2.05, 4.69) is 4.90 Å². The molecule has 0 aliphatic carbocycles. The van der Waals surface area contributed by atoms with Crippen LogP contribution in [-0.2, 0) is 14.3 Å². The van der Waals surface area contributed by atoms with Crippen LogP contribution in [0.4, 0.5) is 0 Å². The Bertz CT molecular complexity index is 1040. The van der Waals surface area contributed by atoms with E-state index in [4.69, 9.17) is 9.47 Å². The van der Waals surface area contributed by atoms with Crippen molar-refractivity contribution in [2.45, 2.75) is 12.5 Å². The molecule has 8 nitrogen and oxygen atoms in total. The Kier molecular flexibility index (Phi) is 7.22. The van der Waals surface area contributed by atoms with Crippen molar-refractivity contribution >= 4 is 29.0 Å². The molecule has 1 fully saturated rings. The van der Waals surface area contributed by atoms with Crippen LogP contribution in [0.2, 0.25) is 0 Å². The van der Waals surface area contributed by atoms with E-state index >= 15 is 0 Å². The predicted molar refractivity (Wildman–Crippen MR) is 122 cm³/mol. The minimum absolute atomic E-state index is 0.0691. The summed E-state index contributed by atoms with van der Waals surface area (Å²) in [6, 6.07) is 9.28. The van der Waals surface area contributed by atoms with Crippen molar-refractivity contribution in [3.8, 4) is 0 Å². The molecule has 0 spiro atoms. The van der Waals surface area contributed by atoms with Gasteiger partial charge in [0.05, 0.1) is 42.4 Å². The molecule has 2 aromatic rings. The molecule has 0 unspecified atom stereocenters. The Balaban J connectivity index is 1.61. The summed E-state index contributed by atoms with van der Waals surface area (Å²) >= 11 is 1.26. The summed E-state index contributed by atoms with van der Waals surface area (Å²) in [6.45, 7) is 4.25. The number of morpholine rings is 1. The van der Waals surface area contributed by atoms with Crippen LogP contribution in [0.15, 0.2) is 53.1 Å². The lowest BCUT2D eigenvalue weighted by molar-refractivity contribution is -0.129.